The van der Waals surface area contributed by atoms with Crippen LogP contribution in [0.5, 0.6) is 0 Å². The summed E-state index contributed by atoms with van der Waals surface area (Å²) in [4.78, 5) is 41.9. The minimum Gasteiger partial charge on any atom is -0.444 e. The van der Waals surface area contributed by atoms with Crippen molar-refractivity contribution >= 4 is 22.7 Å². The molecule has 2 aliphatic rings. The van der Waals surface area contributed by atoms with E-state index >= 15 is 0 Å². The quantitative estimate of drug-likeness (QED) is 0.531. The van der Waals surface area contributed by atoms with Gasteiger partial charge in [-0.05, 0) is 46.1 Å². The SMILES string of the molecule is CC(C)(C)OC(=O)N1CCC2(CC1)CC(n1cnc3ccc([N+](=O)[O-])cc3c1=O)CO2. The first-order valence-electron chi connectivity index (χ1n) is 10.3. The number of amides is 1. The van der Waals surface area contributed by atoms with E-state index in [0.717, 1.165) is 0 Å². The number of hydrogen-bond acceptors (Lipinski definition) is 7. The molecule has 2 aromatic rings. The van der Waals surface area contributed by atoms with Crippen molar-refractivity contribution in [3.05, 3.63) is 45.0 Å². The molecule has 10 heteroatoms. The van der Waals surface area contributed by atoms with Crippen LogP contribution in [0.15, 0.2) is 29.3 Å². The summed E-state index contributed by atoms with van der Waals surface area (Å²) in [5.41, 5.74) is -0.977. The van der Waals surface area contributed by atoms with Gasteiger partial charge in [-0.15, -0.1) is 0 Å². The number of nitrogens with zero attached hydrogens (tertiary/aromatic N) is 4. The first kappa shape index (κ1) is 21.2. The number of non-ortho nitro benzene ring substituents is 1. The van der Waals surface area contributed by atoms with Crippen molar-refractivity contribution in [2.24, 2.45) is 0 Å². The lowest BCUT2D eigenvalue weighted by Gasteiger charge is -2.39. The minimum atomic E-state index is -0.541. The third kappa shape index (κ3) is 4.25. The van der Waals surface area contributed by atoms with Crippen LogP contribution >= 0.6 is 0 Å². The van der Waals surface area contributed by atoms with Crippen LogP contribution in [0.4, 0.5) is 10.5 Å². The fourth-order valence-corrected chi connectivity index (χ4v) is 4.27. The summed E-state index contributed by atoms with van der Waals surface area (Å²) in [6.07, 6.45) is 3.10. The average molecular weight is 430 g/mol. The number of benzene rings is 1. The van der Waals surface area contributed by atoms with Crippen molar-refractivity contribution in [2.45, 2.75) is 57.3 Å². The fraction of sp³-hybridized carbons (Fsp3) is 0.571. The summed E-state index contributed by atoms with van der Waals surface area (Å²) in [6.45, 7) is 6.92. The van der Waals surface area contributed by atoms with Crippen LogP contribution in [0.2, 0.25) is 0 Å². The van der Waals surface area contributed by atoms with Crippen molar-refractivity contribution in [3.8, 4) is 0 Å². The summed E-state index contributed by atoms with van der Waals surface area (Å²) in [7, 11) is 0. The third-order valence-electron chi connectivity index (χ3n) is 5.89. The highest BCUT2D eigenvalue weighted by atomic mass is 16.6. The van der Waals surface area contributed by atoms with E-state index in [9.17, 15) is 19.7 Å². The number of rotatable bonds is 2. The third-order valence-corrected chi connectivity index (χ3v) is 5.89. The molecule has 2 fully saturated rings. The lowest BCUT2D eigenvalue weighted by atomic mass is 9.87. The van der Waals surface area contributed by atoms with Crippen molar-refractivity contribution in [1.29, 1.82) is 0 Å². The Labute approximate surface area is 178 Å². The van der Waals surface area contributed by atoms with E-state index in [2.05, 4.69) is 4.98 Å². The number of aromatic nitrogens is 2. The molecule has 3 heterocycles. The number of piperidine rings is 1. The molecule has 10 nitrogen and oxygen atoms in total. The van der Waals surface area contributed by atoms with Gasteiger partial charge < -0.3 is 14.4 Å². The number of carbonyl (C=O) groups is 1. The Bertz CT molecular complexity index is 1080. The Morgan fingerprint density at radius 3 is 2.68 bits per heavy atom. The molecule has 1 atom stereocenters. The maximum atomic E-state index is 13.0. The number of nitro groups is 1. The van der Waals surface area contributed by atoms with Gasteiger partial charge in [-0.1, -0.05) is 0 Å². The zero-order chi connectivity index (χ0) is 22.4. The van der Waals surface area contributed by atoms with Gasteiger partial charge in [-0.25, -0.2) is 9.78 Å². The maximum absolute atomic E-state index is 13.0. The summed E-state index contributed by atoms with van der Waals surface area (Å²) in [5, 5.41) is 11.3. The molecule has 1 spiro atoms. The van der Waals surface area contributed by atoms with Gasteiger partial charge >= 0.3 is 6.09 Å². The van der Waals surface area contributed by atoms with E-state index in [1.165, 1.54) is 29.1 Å². The molecule has 0 saturated carbocycles. The summed E-state index contributed by atoms with van der Waals surface area (Å²) in [5.74, 6) is 0. The van der Waals surface area contributed by atoms with Crippen LogP contribution < -0.4 is 5.56 Å². The highest BCUT2D eigenvalue weighted by Crippen LogP contribution is 2.40. The molecule has 0 N–H and O–H groups in total. The van der Waals surface area contributed by atoms with Gasteiger partial charge in [0.15, 0.2) is 0 Å². The number of likely N-dealkylation sites (tertiary alicyclic amines) is 1. The molecule has 31 heavy (non-hydrogen) atoms. The standard InChI is InChI=1S/C21H26N4O6/c1-20(2,3)31-19(27)23-8-6-21(7-9-23)11-15(12-30-21)24-13-22-17-5-4-14(25(28)29)10-16(17)18(24)26/h4-5,10,13,15H,6-9,11-12H2,1-3H3. The molecule has 0 radical (unpaired) electrons. The Morgan fingerprint density at radius 1 is 1.32 bits per heavy atom. The van der Waals surface area contributed by atoms with Gasteiger partial charge in [-0.2, -0.15) is 0 Å². The highest BCUT2D eigenvalue weighted by Gasteiger charge is 2.44. The van der Waals surface area contributed by atoms with Crippen LogP contribution in [-0.4, -0.2) is 56.4 Å². The largest absolute Gasteiger partial charge is 0.444 e. The van der Waals surface area contributed by atoms with Crippen molar-refractivity contribution in [2.75, 3.05) is 19.7 Å². The first-order valence-corrected chi connectivity index (χ1v) is 10.3. The molecule has 1 aromatic carbocycles. The van der Waals surface area contributed by atoms with Crippen LogP contribution in [0.3, 0.4) is 0 Å². The van der Waals surface area contributed by atoms with E-state index in [-0.39, 0.29) is 28.8 Å². The molecule has 1 aromatic heterocycles. The lowest BCUT2D eigenvalue weighted by molar-refractivity contribution is -0.384. The maximum Gasteiger partial charge on any atom is 0.410 e. The Morgan fingerprint density at radius 2 is 2.03 bits per heavy atom. The number of fused-ring (bicyclic) bond motifs is 1. The molecular weight excluding hydrogens is 404 g/mol. The Balaban J connectivity index is 1.49. The smallest absolute Gasteiger partial charge is 0.410 e. The van der Waals surface area contributed by atoms with Crippen LogP contribution in [-0.2, 0) is 9.47 Å². The second-order valence-electron chi connectivity index (χ2n) is 9.23. The predicted octanol–water partition coefficient (Wildman–Crippen LogP) is 3.04. The molecule has 2 aliphatic heterocycles. The molecule has 0 bridgehead atoms. The van der Waals surface area contributed by atoms with Crippen molar-refractivity contribution in [1.82, 2.24) is 14.5 Å². The minimum absolute atomic E-state index is 0.141. The topological polar surface area (TPSA) is 117 Å². The summed E-state index contributed by atoms with van der Waals surface area (Å²) >= 11 is 0. The van der Waals surface area contributed by atoms with E-state index < -0.39 is 16.1 Å². The number of hydrogen-bond donors (Lipinski definition) is 0. The molecule has 1 unspecified atom stereocenters. The predicted molar refractivity (Wildman–Crippen MR) is 112 cm³/mol. The molecule has 2 saturated heterocycles. The fourth-order valence-electron chi connectivity index (χ4n) is 4.27. The zero-order valence-corrected chi connectivity index (χ0v) is 17.9. The molecule has 0 aliphatic carbocycles. The van der Waals surface area contributed by atoms with Crippen LogP contribution in [0.1, 0.15) is 46.1 Å². The second-order valence-corrected chi connectivity index (χ2v) is 9.23. The van der Waals surface area contributed by atoms with Crippen LogP contribution in [0, 0.1) is 10.1 Å². The lowest BCUT2D eigenvalue weighted by Crippen LogP contribution is -2.48. The second kappa shape index (κ2) is 7.60. The molecular formula is C21H26N4O6. The van der Waals surface area contributed by atoms with Crippen molar-refractivity contribution in [3.63, 3.8) is 0 Å². The van der Waals surface area contributed by atoms with Gasteiger partial charge in [0, 0.05) is 25.2 Å². The first-order chi connectivity index (χ1) is 14.6. The van der Waals surface area contributed by atoms with E-state index in [0.29, 0.717) is 44.5 Å². The van der Waals surface area contributed by atoms with Gasteiger partial charge in [0.25, 0.3) is 11.2 Å². The van der Waals surface area contributed by atoms with Crippen LogP contribution in [0.25, 0.3) is 10.9 Å². The monoisotopic (exact) mass is 430 g/mol. The average Bonchev–Trinajstić information content (AvgIpc) is 3.10. The molecule has 166 valence electrons. The van der Waals surface area contributed by atoms with E-state index in [1.807, 2.05) is 20.8 Å². The van der Waals surface area contributed by atoms with E-state index in [1.54, 1.807) is 4.90 Å². The van der Waals surface area contributed by atoms with Gasteiger partial charge in [0.05, 0.1) is 40.4 Å². The highest BCUT2D eigenvalue weighted by molar-refractivity contribution is 5.79. The van der Waals surface area contributed by atoms with E-state index in [4.69, 9.17) is 9.47 Å². The molecule has 1 amide bonds. The Kier molecular flexibility index (Phi) is 5.20. The summed E-state index contributed by atoms with van der Waals surface area (Å²) < 4.78 is 13.1. The van der Waals surface area contributed by atoms with Gasteiger partial charge in [0.1, 0.15) is 5.60 Å². The zero-order valence-electron chi connectivity index (χ0n) is 17.9. The number of ether oxygens (including phenoxy) is 2. The number of carbonyl (C=O) groups excluding carboxylic acids is 1. The van der Waals surface area contributed by atoms with Gasteiger partial charge in [0.2, 0.25) is 0 Å². The molecule has 4 rings (SSSR count). The van der Waals surface area contributed by atoms with Crippen molar-refractivity contribution < 1.29 is 19.2 Å². The van der Waals surface area contributed by atoms with Gasteiger partial charge in [-0.3, -0.25) is 19.5 Å². The number of nitro benzene ring substituents is 1. The normalized spacial score (nSPS) is 20.9. The summed E-state index contributed by atoms with van der Waals surface area (Å²) in [6, 6.07) is 3.88. The Hall–Kier alpha value is -3.01.